The molecule has 0 bridgehead atoms. The Morgan fingerprint density at radius 1 is 0.202 bits per heavy atom. The number of fused-ring (bicyclic) bond motifs is 15. The van der Waals surface area contributed by atoms with Gasteiger partial charge in [-0.1, -0.05) is 176 Å². The molecule has 0 amide bonds. The summed E-state index contributed by atoms with van der Waals surface area (Å²) < 4.78 is 9.41. The molecule has 0 fully saturated rings. The summed E-state index contributed by atoms with van der Waals surface area (Å²) in [7, 11) is 0. The van der Waals surface area contributed by atoms with Gasteiger partial charge in [0.05, 0.1) is 55.3 Å². The number of hydrogen-bond acceptors (Lipinski definition) is 2. The van der Waals surface area contributed by atoms with Gasteiger partial charge < -0.3 is 13.7 Å². The van der Waals surface area contributed by atoms with Crippen LogP contribution in [0.15, 0.2) is 291 Å². The van der Waals surface area contributed by atoms with Crippen molar-refractivity contribution in [3.8, 4) is 56.5 Å². The maximum absolute atomic E-state index is 5.62. The summed E-state index contributed by atoms with van der Waals surface area (Å²) in [5.74, 6) is 0.631. The fourth-order valence-electron chi connectivity index (χ4n) is 13.8. The second-order valence-electron chi connectivity index (χ2n) is 22.1. The molecule has 0 saturated heterocycles. The van der Waals surface area contributed by atoms with Crippen molar-refractivity contribution in [2.75, 3.05) is 0 Å². The van der Waals surface area contributed by atoms with Crippen LogP contribution in [0.2, 0.25) is 0 Å². The molecule has 0 radical (unpaired) electrons. The van der Waals surface area contributed by atoms with E-state index >= 15 is 0 Å². The van der Waals surface area contributed by atoms with Crippen molar-refractivity contribution in [1.29, 1.82) is 0 Å². The first-order chi connectivity index (χ1) is 41.7. The Bertz CT molecular complexity index is 5720. The maximum Gasteiger partial charge on any atom is 0.235 e. The third kappa shape index (κ3) is 6.92. The molecule has 0 atom stereocenters. The molecule has 18 aromatic rings. The molecule has 0 saturated carbocycles. The number of hydrogen-bond donors (Lipinski definition) is 0. The quantitative estimate of drug-likeness (QED) is 0.149. The van der Waals surface area contributed by atoms with Crippen LogP contribution in [0.1, 0.15) is 0 Å². The second-order valence-corrected chi connectivity index (χ2v) is 22.1. The van der Waals surface area contributed by atoms with Crippen molar-refractivity contribution < 1.29 is 0 Å². The Labute approximate surface area is 482 Å². The normalized spacial score (nSPS) is 12.0. The van der Waals surface area contributed by atoms with Gasteiger partial charge >= 0.3 is 0 Å². The molecule has 13 aromatic carbocycles. The summed E-state index contributed by atoms with van der Waals surface area (Å²) in [6.45, 7) is 0. The lowest BCUT2D eigenvalue weighted by Crippen LogP contribution is -2.04. The zero-order valence-corrected chi connectivity index (χ0v) is 45.4. The van der Waals surface area contributed by atoms with Crippen molar-refractivity contribution >= 4 is 109 Å². The van der Waals surface area contributed by atoms with Gasteiger partial charge in [0.2, 0.25) is 5.95 Å². The van der Waals surface area contributed by atoms with E-state index in [1.54, 1.807) is 0 Å². The SMILES string of the molecule is c1ccc(-n2c3ccccc3c3cc(-c4ccc5c(c4)c4ccccc4n5-c4ccc(-c5nc(-n6c7ccccc7c7cc(-c8ccc9c(c8)c8ccccc8n9-c8ccccc8)ccc76)nc6c5ccc5ccccc56)cc4)ccc32)cc1. The number of nitrogens with zero attached hydrogens (tertiary/aromatic N) is 6. The molecule has 0 N–H and O–H groups in total. The molecular weight excluding hydrogens is 1020 g/mol. The van der Waals surface area contributed by atoms with Gasteiger partial charge in [0.1, 0.15) is 0 Å². The summed E-state index contributed by atoms with van der Waals surface area (Å²) in [6, 6.07) is 106. The standard InChI is InChI=1S/C78H48N6/c1-3-18-55(19-4-1)81-68-27-13-9-23-59(68)64-45-51(34-41-72(64)81)52-36-43-74-66(47-52)61-25-11-15-29-70(61)83(74)57-38-31-50(32-39-57)76-63-40-33-49-17-7-8-22-58(49)77(63)80-78(79-76)84-71-30-16-12-26-62(71)67-48-54(37-44-75(67)84)53-35-42-73-65(46-53)60-24-10-14-28-69(60)82(73)56-20-5-2-6-21-56/h1-48H. The van der Waals surface area contributed by atoms with Gasteiger partial charge in [-0.15, -0.1) is 0 Å². The highest BCUT2D eigenvalue weighted by Crippen LogP contribution is 2.42. The average Bonchev–Trinajstić information content (AvgIpc) is 2.29. The average molecular weight is 1070 g/mol. The van der Waals surface area contributed by atoms with E-state index in [1.807, 2.05) is 0 Å². The molecule has 390 valence electrons. The zero-order valence-electron chi connectivity index (χ0n) is 45.4. The summed E-state index contributed by atoms with van der Waals surface area (Å²) in [6.07, 6.45) is 0. The van der Waals surface area contributed by atoms with E-state index in [-0.39, 0.29) is 0 Å². The van der Waals surface area contributed by atoms with E-state index in [0.29, 0.717) is 5.95 Å². The monoisotopic (exact) mass is 1070 g/mol. The minimum absolute atomic E-state index is 0.631. The van der Waals surface area contributed by atoms with Gasteiger partial charge in [-0.25, -0.2) is 9.97 Å². The van der Waals surface area contributed by atoms with E-state index in [9.17, 15) is 0 Å². The molecule has 0 unspecified atom stereocenters. The molecule has 0 spiro atoms. The third-order valence-corrected chi connectivity index (χ3v) is 17.6. The van der Waals surface area contributed by atoms with Gasteiger partial charge in [-0.05, 0) is 143 Å². The number of rotatable bonds is 7. The highest BCUT2D eigenvalue weighted by atomic mass is 15.2. The predicted octanol–water partition coefficient (Wildman–Crippen LogP) is 20.2. The van der Waals surface area contributed by atoms with Crippen LogP contribution in [0.3, 0.4) is 0 Å². The van der Waals surface area contributed by atoms with Crippen LogP contribution >= 0.6 is 0 Å². The van der Waals surface area contributed by atoms with Gasteiger partial charge in [0.15, 0.2) is 0 Å². The molecule has 6 heteroatoms. The van der Waals surface area contributed by atoms with Gasteiger partial charge in [-0.3, -0.25) is 4.57 Å². The molecule has 6 nitrogen and oxygen atoms in total. The fraction of sp³-hybridized carbons (Fsp3) is 0. The van der Waals surface area contributed by atoms with Crippen LogP contribution in [0.4, 0.5) is 0 Å². The van der Waals surface area contributed by atoms with Crippen LogP contribution in [0, 0.1) is 0 Å². The van der Waals surface area contributed by atoms with Crippen molar-refractivity contribution in [3.05, 3.63) is 291 Å². The largest absolute Gasteiger partial charge is 0.309 e. The van der Waals surface area contributed by atoms with E-state index in [2.05, 4.69) is 309 Å². The molecule has 5 heterocycles. The molecule has 84 heavy (non-hydrogen) atoms. The van der Waals surface area contributed by atoms with Gasteiger partial charge in [0, 0.05) is 76.5 Å². The highest BCUT2D eigenvalue weighted by Gasteiger charge is 2.22. The lowest BCUT2D eigenvalue weighted by atomic mass is 10.0. The number of para-hydroxylation sites is 6. The maximum atomic E-state index is 5.62. The van der Waals surface area contributed by atoms with E-state index in [4.69, 9.17) is 9.97 Å². The minimum atomic E-state index is 0.631. The molecule has 0 aliphatic carbocycles. The van der Waals surface area contributed by atoms with Gasteiger partial charge in [-0.2, -0.15) is 0 Å². The predicted molar refractivity (Wildman–Crippen MR) is 351 cm³/mol. The zero-order chi connectivity index (χ0) is 55.0. The summed E-state index contributed by atoms with van der Waals surface area (Å²) in [4.78, 5) is 11.2. The van der Waals surface area contributed by atoms with Crippen LogP contribution in [-0.2, 0) is 0 Å². The van der Waals surface area contributed by atoms with Crippen molar-refractivity contribution in [2.24, 2.45) is 0 Å². The fourth-order valence-corrected chi connectivity index (χ4v) is 13.8. The number of benzene rings is 13. The second kappa shape index (κ2) is 18.1. The van der Waals surface area contributed by atoms with Gasteiger partial charge in [0.25, 0.3) is 0 Å². The highest BCUT2D eigenvalue weighted by molar-refractivity contribution is 6.16. The van der Waals surface area contributed by atoms with Crippen molar-refractivity contribution in [3.63, 3.8) is 0 Å². The number of aromatic nitrogens is 6. The molecule has 18 rings (SSSR count). The lowest BCUT2D eigenvalue weighted by molar-refractivity contribution is 1.02. The third-order valence-electron chi connectivity index (χ3n) is 17.6. The van der Waals surface area contributed by atoms with Crippen LogP contribution in [0.25, 0.3) is 165 Å². The summed E-state index contributed by atoms with van der Waals surface area (Å²) >= 11 is 0. The summed E-state index contributed by atoms with van der Waals surface area (Å²) in [5, 5.41) is 12.9. The molecule has 0 aliphatic heterocycles. The molecule has 0 aliphatic rings. The Morgan fingerprint density at radius 3 is 0.976 bits per heavy atom. The smallest absolute Gasteiger partial charge is 0.235 e. The first-order valence-corrected chi connectivity index (χ1v) is 28.7. The minimum Gasteiger partial charge on any atom is -0.309 e. The topological polar surface area (TPSA) is 45.5 Å². The lowest BCUT2D eigenvalue weighted by Gasteiger charge is -2.14. The van der Waals surface area contributed by atoms with Crippen molar-refractivity contribution in [2.45, 2.75) is 0 Å². The van der Waals surface area contributed by atoms with Crippen LogP contribution < -0.4 is 0 Å². The Kier molecular flexibility index (Phi) is 9.99. The summed E-state index contributed by atoms with van der Waals surface area (Å²) in [5.41, 5.74) is 20.1. The Balaban J connectivity index is 0.756. The van der Waals surface area contributed by atoms with Crippen molar-refractivity contribution in [1.82, 2.24) is 28.2 Å². The van der Waals surface area contributed by atoms with Crippen LogP contribution in [-0.4, -0.2) is 28.2 Å². The first-order valence-electron chi connectivity index (χ1n) is 28.7. The van der Waals surface area contributed by atoms with E-state index in [1.165, 1.54) is 71.1 Å². The molecular formula is C78H48N6. The van der Waals surface area contributed by atoms with Crippen LogP contribution in [0.5, 0.6) is 0 Å². The Morgan fingerprint density at radius 2 is 0.536 bits per heavy atom. The Hall–Kier alpha value is -11.3. The van der Waals surface area contributed by atoms with E-state index in [0.717, 1.165) is 88.4 Å². The molecule has 5 aromatic heterocycles. The van der Waals surface area contributed by atoms with E-state index < -0.39 is 0 Å². The first kappa shape index (κ1) is 46.4.